The molecule has 0 bridgehead atoms. The van der Waals surface area contributed by atoms with Gasteiger partial charge in [0.2, 0.25) is 0 Å². The van der Waals surface area contributed by atoms with Gasteiger partial charge in [0.25, 0.3) is 5.91 Å². The number of nitrogens with zero attached hydrogens (tertiary/aromatic N) is 4. The van der Waals surface area contributed by atoms with Crippen LogP contribution in [-0.4, -0.2) is 44.9 Å². The second-order valence-electron chi connectivity index (χ2n) is 6.72. The molecule has 0 saturated heterocycles. The van der Waals surface area contributed by atoms with E-state index in [0.717, 1.165) is 23.0 Å². The van der Waals surface area contributed by atoms with E-state index >= 15 is 0 Å². The summed E-state index contributed by atoms with van der Waals surface area (Å²) in [6.45, 7) is 4.71. The van der Waals surface area contributed by atoms with E-state index in [1.165, 1.54) is 0 Å². The lowest BCUT2D eigenvalue weighted by Crippen LogP contribution is -2.41. The monoisotopic (exact) mass is 352 g/mol. The van der Waals surface area contributed by atoms with E-state index in [2.05, 4.69) is 21.9 Å². The molecule has 0 aliphatic carbocycles. The molecule has 4 rings (SSSR count). The molecule has 2 aromatic heterocycles. The van der Waals surface area contributed by atoms with Crippen LogP contribution in [0.3, 0.4) is 0 Å². The molecule has 3 heterocycles. The molecule has 6 heteroatoms. The van der Waals surface area contributed by atoms with Gasteiger partial charge < -0.3 is 14.2 Å². The summed E-state index contributed by atoms with van der Waals surface area (Å²) < 4.78 is 9.59. The average Bonchev–Trinajstić information content (AvgIpc) is 3.26. The van der Waals surface area contributed by atoms with E-state index in [1.54, 1.807) is 4.68 Å². The van der Waals surface area contributed by atoms with Gasteiger partial charge in [0.15, 0.2) is 5.69 Å². The maximum Gasteiger partial charge on any atom is 0.275 e. The maximum atomic E-state index is 13.2. The van der Waals surface area contributed by atoms with Gasteiger partial charge in [-0.1, -0.05) is 18.2 Å². The van der Waals surface area contributed by atoms with Crippen molar-refractivity contribution >= 4 is 16.8 Å². The van der Waals surface area contributed by atoms with Crippen molar-refractivity contribution in [1.82, 2.24) is 19.2 Å². The first-order valence-corrected chi connectivity index (χ1v) is 9.13. The highest BCUT2D eigenvalue weighted by atomic mass is 16.5. The van der Waals surface area contributed by atoms with Crippen LogP contribution in [0.5, 0.6) is 0 Å². The third kappa shape index (κ3) is 2.90. The van der Waals surface area contributed by atoms with Gasteiger partial charge in [-0.2, -0.15) is 5.10 Å². The standard InChI is InChI=1S/C20H24N4O2/c1-3-26-12-10-16-14-23(13-15-7-6-11-24(15)16)20(25)19-17-8-4-5-9-18(17)22(2)21-19/h4-9,11,16H,3,10,12-14H2,1-2H3/t16-/m1/s1. The zero-order valence-electron chi connectivity index (χ0n) is 15.3. The topological polar surface area (TPSA) is 52.3 Å². The number of amides is 1. The Balaban J connectivity index is 1.62. The lowest BCUT2D eigenvalue weighted by molar-refractivity contribution is 0.0635. The van der Waals surface area contributed by atoms with E-state index < -0.39 is 0 Å². The zero-order valence-corrected chi connectivity index (χ0v) is 15.3. The normalized spacial score (nSPS) is 16.8. The lowest BCUT2D eigenvalue weighted by Gasteiger charge is -2.35. The van der Waals surface area contributed by atoms with Gasteiger partial charge in [-0.15, -0.1) is 0 Å². The lowest BCUT2D eigenvalue weighted by atomic mass is 10.1. The summed E-state index contributed by atoms with van der Waals surface area (Å²) >= 11 is 0. The fourth-order valence-corrected chi connectivity index (χ4v) is 3.79. The van der Waals surface area contributed by atoms with Crippen LogP contribution in [0.2, 0.25) is 0 Å². The van der Waals surface area contributed by atoms with Gasteiger partial charge in [0, 0.05) is 44.1 Å². The van der Waals surface area contributed by atoms with Crippen LogP contribution in [-0.2, 0) is 18.3 Å². The Morgan fingerprint density at radius 2 is 2.12 bits per heavy atom. The number of ether oxygens (including phenoxy) is 1. The van der Waals surface area contributed by atoms with Crippen LogP contribution in [0.1, 0.15) is 35.6 Å². The van der Waals surface area contributed by atoms with Crippen LogP contribution in [0.4, 0.5) is 0 Å². The summed E-state index contributed by atoms with van der Waals surface area (Å²) in [7, 11) is 1.88. The van der Waals surface area contributed by atoms with E-state index in [1.807, 2.05) is 49.2 Å². The summed E-state index contributed by atoms with van der Waals surface area (Å²) in [6, 6.07) is 12.2. The van der Waals surface area contributed by atoms with Gasteiger partial charge in [0.1, 0.15) is 0 Å². The minimum atomic E-state index is -0.00402. The Morgan fingerprint density at radius 1 is 1.27 bits per heavy atom. The molecule has 6 nitrogen and oxygen atoms in total. The smallest absolute Gasteiger partial charge is 0.275 e. The first-order valence-electron chi connectivity index (χ1n) is 9.13. The molecule has 136 valence electrons. The molecule has 0 fully saturated rings. The molecule has 1 aromatic carbocycles. The number of hydrogen-bond donors (Lipinski definition) is 0. The summed E-state index contributed by atoms with van der Waals surface area (Å²) in [4.78, 5) is 15.2. The average molecular weight is 352 g/mol. The number of aromatic nitrogens is 3. The fraction of sp³-hybridized carbons (Fsp3) is 0.400. The molecule has 1 amide bonds. The number of carbonyl (C=O) groups is 1. The molecule has 0 radical (unpaired) electrons. The van der Waals surface area contributed by atoms with E-state index in [-0.39, 0.29) is 11.9 Å². The zero-order chi connectivity index (χ0) is 18.1. The molecule has 0 spiro atoms. The third-order valence-corrected chi connectivity index (χ3v) is 5.09. The summed E-state index contributed by atoms with van der Waals surface area (Å²) in [5.41, 5.74) is 2.67. The first kappa shape index (κ1) is 16.8. The van der Waals surface area contributed by atoms with Crippen LogP contribution in [0.25, 0.3) is 10.9 Å². The van der Waals surface area contributed by atoms with Gasteiger partial charge in [-0.25, -0.2) is 0 Å². The molecule has 1 aliphatic heterocycles. The molecule has 3 aromatic rings. The van der Waals surface area contributed by atoms with Gasteiger partial charge >= 0.3 is 0 Å². The Kier molecular flexibility index (Phi) is 4.51. The van der Waals surface area contributed by atoms with Crippen molar-refractivity contribution in [2.75, 3.05) is 19.8 Å². The first-order chi connectivity index (χ1) is 12.7. The highest BCUT2D eigenvalue weighted by molar-refractivity contribution is 6.04. The minimum Gasteiger partial charge on any atom is -0.382 e. The Labute approximate surface area is 153 Å². The number of benzene rings is 1. The van der Waals surface area contributed by atoms with Crippen LogP contribution in [0, 0.1) is 0 Å². The second kappa shape index (κ2) is 6.96. The van der Waals surface area contributed by atoms with Crippen molar-refractivity contribution in [2.45, 2.75) is 25.9 Å². The molecule has 0 unspecified atom stereocenters. The highest BCUT2D eigenvalue weighted by Gasteiger charge is 2.30. The molecule has 1 atom stereocenters. The number of rotatable bonds is 5. The van der Waals surface area contributed by atoms with E-state index in [9.17, 15) is 4.79 Å². The van der Waals surface area contributed by atoms with Gasteiger partial charge in [-0.3, -0.25) is 9.48 Å². The van der Waals surface area contributed by atoms with E-state index in [4.69, 9.17) is 4.74 Å². The molecule has 1 aliphatic rings. The SMILES string of the molecule is CCOCC[C@@H]1CN(C(=O)c2nn(C)c3ccccc23)Cc2cccn21. The summed E-state index contributed by atoms with van der Waals surface area (Å²) in [6.07, 6.45) is 2.99. The van der Waals surface area contributed by atoms with Crippen molar-refractivity contribution < 1.29 is 9.53 Å². The quantitative estimate of drug-likeness (QED) is 0.663. The van der Waals surface area contributed by atoms with Crippen LogP contribution >= 0.6 is 0 Å². The molecule has 26 heavy (non-hydrogen) atoms. The fourth-order valence-electron chi connectivity index (χ4n) is 3.79. The largest absolute Gasteiger partial charge is 0.382 e. The summed E-state index contributed by atoms with van der Waals surface area (Å²) in [5, 5.41) is 5.41. The highest BCUT2D eigenvalue weighted by Crippen LogP contribution is 2.27. The summed E-state index contributed by atoms with van der Waals surface area (Å²) in [5.74, 6) is -0.00402. The molecular weight excluding hydrogens is 328 g/mol. The predicted octanol–water partition coefficient (Wildman–Crippen LogP) is 3.00. The third-order valence-electron chi connectivity index (χ3n) is 5.09. The number of fused-ring (bicyclic) bond motifs is 2. The van der Waals surface area contributed by atoms with Crippen LogP contribution < -0.4 is 0 Å². The minimum absolute atomic E-state index is 0.00402. The van der Waals surface area contributed by atoms with Crippen molar-refractivity contribution in [3.05, 3.63) is 54.0 Å². The van der Waals surface area contributed by atoms with E-state index in [0.29, 0.717) is 32.0 Å². The number of carbonyl (C=O) groups excluding carboxylic acids is 1. The van der Waals surface area contributed by atoms with Crippen molar-refractivity contribution in [1.29, 1.82) is 0 Å². The van der Waals surface area contributed by atoms with Crippen LogP contribution in [0.15, 0.2) is 42.6 Å². The number of hydrogen-bond acceptors (Lipinski definition) is 3. The Morgan fingerprint density at radius 3 is 2.96 bits per heavy atom. The number of aryl methyl sites for hydroxylation is 1. The van der Waals surface area contributed by atoms with Gasteiger partial charge in [0.05, 0.1) is 18.1 Å². The van der Waals surface area contributed by atoms with Crippen molar-refractivity contribution in [3.8, 4) is 0 Å². The Bertz CT molecular complexity index is 927. The molecule has 0 N–H and O–H groups in total. The maximum absolute atomic E-state index is 13.2. The molecule has 0 saturated carbocycles. The Hall–Kier alpha value is -2.60. The van der Waals surface area contributed by atoms with Crippen molar-refractivity contribution in [2.24, 2.45) is 7.05 Å². The predicted molar refractivity (Wildman–Crippen MR) is 100 cm³/mol. The molecular formula is C20H24N4O2. The van der Waals surface area contributed by atoms with Gasteiger partial charge in [-0.05, 0) is 31.5 Å². The number of para-hydroxylation sites is 1. The van der Waals surface area contributed by atoms with Crippen molar-refractivity contribution in [3.63, 3.8) is 0 Å². The second-order valence-corrected chi connectivity index (χ2v) is 6.72.